The van der Waals surface area contributed by atoms with Gasteiger partial charge < -0.3 is 4.74 Å². The van der Waals surface area contributed by atoms with Crippen molar-refractivity contribution in [2.45, 2.75) is 6.92 Å². The van der Waals surface area contributed by atoms with Crippen molar-refractivity contribution in [1.29, 1.82) is 0 Å². The molecule has 0 unspecified atom stereocenters. The lowest BCUT2D eigenvalue weighted by Crippen LogP contribution is -2.03. The molecule has 7 heteroatoms. The summed E-state index contributed by atoms with van der Waals surface area (Å²) in [6.45, 7) is 1.96. The molecule has 1 aromatic heterocycles. The van der Waals surface area contributed by atoms with Gasteiger partial charge in [0.25, 0.3) is 5.69 Å². The van der Waals surface area contributed by atoms with Gasteiger partial charge >= 0.3 is 5.97 Å². The van der Waals surface area contributed by atoms with E-state index < -0.39 is 10.9 Å². The maximum atomic E-state index is 11.5. The number of nitro groups is 1. The van der Waals surface area contributed by atoms with Gasteiger partial charge in [0, 0.05) is 12.3 Å². The lowest BCUT2D eigenvalue weighted by atomic mass is 10.2. The Balaban J connectivity index is 2.38. The van der Waals surface area contributed by atoms with E-state index in [1.165, 1.54) is 23.1 Å². The van der Waals surface area contributed by atoms with Crippen LogP contribution in [0.15, 0.2) is 36.7 Å². The molecule has 1 heterocycles. The van der Waals surface area contributed by atoms with Crippen LogP contribution >= 0.6 is 0 Å². The van der Waals surface area contributed by atoms with Crippen molar-refractivity contribution < 1.29 is 14.5 Å². The van der Waals surface area contributed by atoms with Crippen LogP contribution in [0, 0.1) is 10.1 Å². The maximum Gasteiger partial charge on any atom is 0.341 e. The van der Waals surface area contributed by atoms with Crippen molar-refractivity contribution in [2.24, 2.45) is 0 Å². The molecule has 98 valence electrons. The number of hydrogen-bond donors (Lipinski definition) is 0. The van der Waals surface area contributed by atoms with E-state index in [-0.39, 0.29) is 17.9 Å². The number of para-hydroxylation sites is 2. The minimum absolute atomic E-state index is 0.0824. The fraction of sp³-hybridized carbons (Fsp3) is 0.167. The second kappa shape index (κ2) is 5.30. The number of benzene rings is 1. The van der Waals surface area contributed by atoms with Crippen molar-refractivity contribution in [3.8, 4) is 5.69 Å². The molecule has 0 bridgehead atoms. The zero-order chi connectivity index (χ0) is 13.8. The molecule has 1 aromatic carbocycles. The van der Waals surface area contributed by atoms with Gasteiger partial charge in [-0.15, -0.1) is 0 Å². The van der Waals surface area contributed by atoms with E-state index in [2.05, 4.69) is 5.10 Å². The third-order valence-electron chi connectivity index (χ3n) is 2.42. The third-order valence-corrected chi connectivity index (χ3v) is 2.42. The lowest BCUT2D eigenvalue weighted by molar-refractivity contribution is -0.384. The summed E-state index contributed by atoms with van der Waals surface area (Å²) in [6.07, 6.45) is 2.72. The number of esters is 1. The van der Waals surface area contributed by atoms with Crippen molar-refractivity contribution in [1.82, 2.24) is 9.78 Å². The zero-order valence-corrected chi connectivity index (χ0v) is 10.1. The van der Waals surface area contributed by atoms with Crippen molar-refractivity contribution in [3.05, 3.63) is 52.3 Å². The van der Waals surface area contributed by atoms with Gasteiger partial charge in [-0.25, -0.2) is 9.48 Å². The number of aromatic nitrogens is 2. The quantitative estimate of drug-likeness (QED) is 0.477. The van der Waals surface area contributed by atoms with Crippen LogP contribution < -0.4 is 0 Å². The van der Waals surface area contributed by atoms with Gasteiger partial charge in [-0.1, -0.05) is 12.1 Å². The van der Waals surface area contributed by atoms with Gasteiger partial charge in [-0.3, -0.25) is 10.1 Å². The molecule has 0 saturated carbocycles. The molecule has 0 aliphatic heterocycles. The number of nitrogens with zero attached hydrogens (tertiary/aromatic N) is 3. The summed E-state index contributed by atoms with van der Waals surface area (Å²) < 4.78 is 6.11. The first kappa shape index (κ1) is 12.7. The normalized spacial score (nSPS) is 10.2. The monoisotopic (exact) mass is 261 g/mol. The summed E-state index contributed by atoms with van der Waals surface area (Å²) in [7, 11) is 0. The van der Waals surface area contributed by atoms with E-state index in [4.69, 9.17) is 4.74 Å². The van der Waals surface area contributed by atoms with E-state index in [1.807, 2.05) is 0 Å². The highest BCUT2D eigenvalue weighted by Gasteiger charge is 2.17. The fourth-order valence-corrected chi connectivity index (χ4v) is 1.59. The predicted molar refractivity (Wildman–Crippen MR) is 66.2 cm³/mol. The van der Waals surface area contributed by atoms with Crippen LogP contribution in [0.1, 0.15) is 17.3 Å². The smallest absolute Gasteiger partial charge is 0.341 e. The average molecular weight is 261 g/mol. The van der Waals surface area contributed by atoms with Gasteiger partial charge in [-0.2, -0.15) is 5.10 Å². The molecule has 0 aliphatic carbocycles. The van der Waals surface area contributed by atoms with Crippen molar-refractivity contribution in [2.75, 3.05) is 6.61 Å². The molecule has 2 aromatic rings. The summed E-state index contributed by atoms with van der Waals surface area (Å²) in [4.78, 5) is 21.9. The number of nitro benzene ring substituents is 1. The number of carbonyl (C=O) groups excluding carboxylic acids is 1. The van der Waals surface area contributed by atoms with Gasteiger partial charge in [0.2, 0.25) is 0 Å². The predicted octanol–water partition coefficient (Wildman–Crippen LogP) is 1.96. The summed E-state index contributed by atoms with van der Waals surface area (Å²) >= 11 is 0. The standard InChI is InChI=1S/C12H11N3O4/c1-2-19-12(16)9-7-13-14(8-9)10-5-3-4-6-11(10)15(17)18/h3-8H,2H2,1H3. The van der Waals surface area contributed by atoms with Crippen LogP contribution in [0.4, 0.5) is 5.69 Å². The van der Waals surface area contributed by atoms with E-state index in [9.17, 15) is 14.9 Å². The SMILES string of the molecule is CCOC(=O)c1cnn(-c2ccccc2[N+](=O)[O-])c1. The molecule has 0 saturated heterocycles. The van der Waals surface area contributed by atoms with E-state index >= 15 is 0 Å². The fourth-order valence-electron chi connectivity index (χ4n) is 1.59. The van der Waals surface area contributed by atoms with Crippen molar-refractivity contribution in [3.63, 3.8) is 0 Å². The Labute approximate surface area is 108 Å². The Morgan fingerprint density at radius 2 is 2.21 bits per heavy atom. The molecule has 0 spiro atoms. The topological polar surface area (TPSA) is 87.3 Å². The van der Waals surface area contributed by atoms with Crippen LogP contribution in [-0.2, 0) is 4.74 Å². The lowest BCUT2D eigenvalue weighted by Gasteiger charge is -2.01. The average Bonchev–Trinajstić information content (AvgIpc) is 2.88. The molecule has 7 nitrogen and oxygen atoms in total. The molecule has 0 radical (unpaired) electrons. The molecule has 0 fully saturated rings. The highest BCUT2D eigenvalue weighted by Crippen LogP contribution is 2.21. The van der Waals surface area contributed by atoms with E-state index in [0.717, 1.165) is 0 Å². The van der Waals surface area contributed by atoms with Gasteiger partial charge in [0.05, 0.1) is 23.3 Å². The Morgan fingerprint density at radius 3 is 2.89 bits per heavy atom. The molecular weight excluding hydrogens is 250 g/mol. The molecule has 0 amide bonds. The number of rotatable bonds is 4. The van der Waals surface area contributed by atoms with Crippen LogP contribution in [0.5, 0.6) is 0 Å². The molecule has 19 heavy (non-hydrogen) atoms. The molecule has 0 N–H and O–H groups in total. The van der Waals surface area contributed by atoms with E-state index in [1.54, 1.807) is 25.1 Å². The third kappa shape index (κ3) is 2.59. The largest absolute Gasteiger partial charge is 0.462 e. The second-order valence-corrected chi connectivity index (χ2v) is 3.64. The number of carbonyl (C=O) groups is 1. The number of ether oxygens (including phenoxy) is 1. The summed E-state index contributed by atoms with van der Waals surface area (Å²) in [6, 6.07) is 6.16. The van der Waals surface area contributed by atoms with Gasteiger partial charge in [0.1, 0.15) is 5.69 Å². The second-order valence-electron chi connectivity index (χ2n) is 3.64. The maximum absolute atomic E-state index is 11.5. The number of hydrogen-bond acceptors (Lipinski definition) is 5. The molecular formula is C12H11N3O4. The van der Waals surface area contributed by atoms with Crippen LogP contribution in [0.25, 0.3) is 5.69 Å². The van der Waals surface area contributed by atoms with Gasteiger partial charge in [0.15, 0.2) is 0 Å². The molecule has 0 atom stereocenters. The molecule has 0 aliphatic rings. The van der Waals surface area contributed by atoms with Crippen molar-refractivity contribution >= 4 is 11.7 Å². The minimum Gasteiger partial charge on any atom is -0.462 e. The Kier molecular flexibility index (Phi) is 3.56. The minimum atomic E-state index is -0.507. The Bertz CT molecular complexity index is 621. The van der Waals surface area contributed by atoms with Crippen LogP contribution in [0.2, 0.25) is 0 Å². The molecule has 2 rings (SSSR count). The van der Waals surface area contributed by atoms with Gasteiger partial charge in [-0.05, 0) is 13.0 Å². The summed E-state index contributed by atoms with van der Waals surface area (Å²) in [5, 5.41) is 14.9. The first-order valence-electron chi connectivity index (χ1n) is 5.59. The Hall–Kier alpha value is -2.70. The first-order chi connectivity index (χ1) is 9.13. The summed E-state index contributed by atoms with van der Waals surface area (Å²) in [5.74, 6) is -0.507. The highest BCUT2D eigenvalue weighted by atomic mass is 16.6. The van der Waals surface area contributed by atoms with Crippen LogP contribution in [0.3, 0.4) is 0 Å². The Morgan fingerprint density at radius 1 is 1.47 bits per heavy atom. The highest BCUT2D eigenvalue weighted by molar-refractivity contribution is 5.88. The first-order valence-corrected chi connectivity index (χ1v) is 5.59. The summed E-state index contributed by atoms with van der Waals surface area (Å²) in [5.41, 5.74) is 0.462. The zero-order valence-electron chi connectivity index (χ0n) is 10.1. The van der Waals surface area contributed by atoms with E-state index in [0.29, 0.717) is 5.69 Å². The van der Waals surface area contributed by atoms with Crippen LogP contribution in [-0.4, -0.2) is 27.3 Å².